The highest BCUT2D eigenvalue weighted by Crippen LogP contribution is 2.27. The SMILES string of the molecule is CNC(=O)c1ccc(O)c(N(CC(F)F)C(=O)OC(C)(C)C)n1. The van der Waals surface area contributed by atoms with Gasteiger partial charge in [-0.2, -0.15) is 0 Å². The van der Waals surface area contributed by atoms with E-state index in [0.29, 0.717) is 4.90 Å². The number of hydrogen-bond acceptors (Lipinski definition) is 5. The molecule has 7 nitrogen and oxygen atoms in total. The first-order chi connectivity index (χ1) is 10.5. The molecule has 1 aromatic rings. The van der Waals surface area contributed by atoms with Gasteiger partial charge in [0.25, 0.3) is 12.3 Å². The van der Waals surface area contributed by atoms with Crippen molar-refractivity contribution in [3.63, 3.8) is 0 Å². The molecule has 128 valence electrons. The maximum atomic E-state index is 12.8. The summed E-state index contributed by atoms with van der Waals surface area (Å²) in [7, 11) is 1.36. The molecule has 0 aliphatic carbocycles. The van der Waals surface area contributed by atoms with E-state index < -0.39 is 42.1 Å². The van der Waals surface area contributed by atoms with E-state index in [2.05, 4.69) is 10.3 Å². The third-order valence-electron chi connectivity index (χ3n) is 2.50. The van der Waals surface area contributed by atoms with Crippen molar-refractivity contribution in [2.75, 3.05) is 18.5 Å². The number of rotatable bonds is 4. The molecule has 0 bridgehead atoms. The smallest absolute Gasteiger partial charge is 0.416 e. The van der Waals surface area contributed by atoms with Gasteiger partial charge in [0.05, 0.1) is 6.54 Å². The Hall–Kier alpha value is -2.45. The number of hydrogen-bond donors (Lipinski definition) is 2. The van der Waals surface area contributed by atoms with Gasteiger partial charge in [0.2, 0.25) is 0 Å². The summed E-state index contributed by atoms with van der Waals surface area (Å²) >= 11 is 0. The molecule has 0 radical (unpaired) electrons. The lowest BCUT2D eigenvalue weighted by molar-refractivity contribution is 0.0540. The Morgan fingerprint density at radius 2 is 2.00 bits per heavy atom. The van der Waals surface area contributed by atoms with Crippen LogP contribution in [0.1, 0.15) is 31.3 Å². The summed E-state index contributed by atoms with van der Waals surface area (Å²) in [5.41, 5.74) is -1.06. The molecule has 23 heavy (non-hydrogen) atoms. The second-order valence-electron chi connectivity index (χ2n) is 5.60. The summed E-state index contributed by atoms with van der Waals surface area (Å²) in [6, 6.07) is 2.29. The summed E-state index contributed by atoms with van der Waals surface area (Å²) in [5, 5.41) is 12.1. The van der Waals surface area contributed by atoms with Gasteiger partial charge in [-0.3, -0.25) is 9.69 Å². The Morgan fingerprint density at radius 3 is 2.48 bits per heavy atom. The number of alkyl halides is 2. The van der Waals surface area contributed by atoms with Gasteiger partial charge in [0.15, 0.2) is 11.6 Å². The van der Waals surface area contributed by atoms with Gasteiger partial charge < -0.3 is 15.2 Å². The van der Waals surface area contributed by atoms with Gasteiger partial charge in [-0.1, -0.05) is 0 Å². The van der Waals surface area contributed by atoms with Crippen molar-refractivity contribution in [2.24, 2.45) is 0 Å². The minimum atomic E-state index is -2.88. The highest BCUT2D eigenvalue weighted by molar-refractivity contribution is 5.94. The second-order valence-corrected chi connectivity index (χ2v) is 5.60. The molecule has 0 saturated heterocycles. The fraction of sp³-hybridized carbons (Fsp3) is 0.500. The van der Waals surface area contributed by atoms with Crippen LogP contribution >= 0.6 is 0 Å². The molecule has 0 aliphatic rings. The van der Waals surface area contributed by atoms with Gasteiger partial charge in [-0.05, 0) is 32.9 Å². The van der Waals surface area contributed by atoms with Crippen LogP contribution in [0.25, 0.3) is 0 Å². The Kier molecular flexibility index (Phi) is 5.83. The monoisotopic (exact) mass is 331 g/mol. The number of aromatic nitrogens is 1. The molecule has 1 aromatic heterocycles. The van der Waals surface area contributed by atoms with Gasteiger partial charge >= 0.3 is 6.09 Å². The first-order valence-corrected chi connectivity index (χ1v) is 6.76. The summed E-state index contributed by atoms with van der Waals surface area (Å²) in [6.07, 6.45) is -3.98. The summed E-state index contributed by atoms with van der Waals surface area (Å²) in [4.78, 5) is 28.0. The Morgan fingerprint density at radius 1 is 1.39 bits per heavy atom. The van der Waals surface area contributed by atoms with Crippen LogP contribution in [0.4, 0.5) is 19.4 Å². The number of carbonyl (C=O) groups excluding carboxylic acids is 2. The number of anilines is 1. The van der Waals surface area contributed by atoms with Gasteiger partial charge in [-0.25, -0.2) is 18.6 Å². The molecule has 0 aliphatic heterocycles. The lowest BCUT2D eigenvalue weighted by Gasteiger charge is -2.27. The average molecular weight is 331 g/mol. The van der Waals surface area contributed by atoms with Crippen molar-refractivity contribution < 1.29 is 28.2 Å². The van der Waals surface area contributed by atoms with Gasteiger partial charge in [0.1, 0.15) is 11.3 Å². The van der Waals surface area contributed by atoms with E-state index in [1.807, 2.05) is 0 Å². The third kappa shape index (κ3) is 5.35. The number of ether oxygens (including phenoxy) is 1. The molecule has 2 N–H and O–H groups in total. The van der Waals surface area contributed by atoms with Crippen LogP contribution in [-0.4, -0.2) is 47.7 Å². The molecule has 0 saturated carbocycles. The summed E-state index contributed by atoms with van der Waals surface area (Å²) in [5.74, 6) is -1.59. The number of pyridine rings is 1. The number of amides is 2. The molecule has 0 unspecified atom stereocenters. The number of nitrogens with zero attached hydrogens (tertiary/aromatic N) is 2. The van der Waals surface area contributed by atoms with Crippen LogP contribution < -0.4 is 10.2 Å². The fourth-order valence-electron chi connectivity index (χ4n) is 1.60. The lowest BCUT2D eigenvalue weighted by atomic mass is 10.2. The largest absolute Gasteiger partial charge is 0.504 e. The van der Waals surface area contributed by atoms with Gasteiger partial charge in [-0.15, -0.1) is 0 Å². The number of halogens is 2. The van der Waals surface area contributed by atoms with Crippen LogP contribution in [0, 0.1) is 0 Å². The van der Waals surface area contributed by atoms with Crippen molar-refractivity contribution in [3.8, 4) is 5.75 Å². The maximum Gasteiger partial charge on any atom is 0.416 e. The zero-order valence-electron chi connectivity index (χ0n) is 13.3. The first kappa shape index (κ1) is 18.6. The molecule has 1 rings (SSSR count). The highest BCUT2D eigenvalue weighted by atomic mass is 19.3. The maximum absolute atomic E-state index is 12.8. The molecule has 9 heteroatoms. The standard InChI is InChI=1S/C14H19F2N3O4/c1-14(2,3)23-13(22)19(7-10(15)16)11-9(20)6-5-8(18-11)12(21)17-4/h5-6,10,20H,7H2,1-4H3,(H,17,21). The minimum absolute atomic E-state index is 0.136. The van der Waals surface area contributed by atoms with E-state index in [-0.39, 0.29) is 5.69 Å². The molecule has 0 atom stereocenters. The van der Waals surface area contributed by atoms with Crippen molar-refractivity contribution >= 4 is 17.8 Å². The van der Waals surface area contributed by atoms with E-state index >= 15 is 0 Å². The molecule has 2 amide bonds. The second kappa shape index (κ2) is 7.21. The quantitative estimate of drug-likeness (QED) is 0.882. The van der Waals surface area contributed by atoms with Crippen molar-refractivity contribution in [1.82, 2.24) is 10.3 Å². The van der Waals surface area contributed by atoms with Gasteiger partial charge in [0, 0.05) is 7.05 Å². The van der Waals surface area contributed by atoms with E-state index in [1.165, 1.54) is 13.1 Å². The van der Waals surface area contributed by atoms with E-state index in [0.717, 1.165) is 6.07 Å². The van der Waals surface area contributed by atoms with Crippen LogP contribution in [0.3, 0.4) is 0 Å². The molecular formula is C14H19F2N3O4. The zero-order chi connectivity index (χ0) is 17.8. The highest BCUT2D eigenvalue weighted by Gasteiger charge is 2.29. The topological polar surface area (TPSA) is 91.8 Å². The van der Waals surface area contributed by atoms with Crippen LogP contribution in [0.5, 0.6) is 5.75 Å². The molecule has 0 aromatic carbocycles. The molecule has 1 heterocycles. The van der Waals surface area contributed by atoms with E-state index in [1.54, 1.807) is 20.8 Å². The minimum Gasteiger partial charge on any atom is -0.504 e. The van der Waals surface area contributed by atoms with Crippen LogP contribution in [0.2, 0.25) is 0 Å². The summed E-state index contributed by atoms with van der Waals surface area (Å²) < 4.78 is 30.6. The number of aromatic hydroxyl groups is 1. The summed E-state index contributed by atoms with van der Waals surface area (Å²) in [6.45, 7) is 3.67. The Labute approximate surface area is 132 Å². The number of carbonyl (C=O) groups is 2. The molecule has 0 spiro atoms. The van der Waals surface area contributed by atoms with Crippen molar-refractivity contribution in [1.29, 1.82) is 0 Å². The molecular weight excluding hydrogens is 312 g/mol. The predicted molar refractivity (Wildman–Crippen MR) is 78.9 cm³/mol. The average Bonchev–Trinajstić information content (AvgIpc) is 2.42. The molecule has 0 fully saturated rings. The zero-order valence-corrected chi connectivity index (χ0v) is 13.3. The van der Waals surface area contributed by atoms with Crippen molar-refractivity contribution in [3.05, 3.63) is 17.8 Å². The number of nitrogens with one attached hydrogen (secondary N) is 1. The Bertz CT molecular complexity index is 588. The van der Waals surface area contributed by atoms with E-state index in [4.69, 9.17) is 4.74 Å². The van der Waals surface area contributed by atoms with Crippen molar-refractivity contribution in [2.45, 2.75) is 32.8 Å². The van der Waals surface area contributed by atoms with Crippen LogP contribution in [-0.2, 0) is 4.74 Å². The van der Waals surface area contributed by atoms with E-state index in [9.17, 15) is 23.5 Å². The van der Waals surface area contributed by atoms with Crippen LogP contribution in [0.15, 0.2) is 12.1 Å². The fourth-order valence-corrected chi connectivity index (χ4v) is 1.60. The third-order valence-corrected chi connectivity index (χ3v) is 2.50. The normalized spacial score (nSPS) is 11.3. The Balaban J connectivity index is 3.26. The first-order valence-electron chi connectivity index (χ1n) is 6.76. The lowest BCUT2D eigenvalue weighted by Crippen LogP contribution is -2.40. The predicted octanol–water partition coefficient (Wildman–Crippen LogP) is 2.15.